The van der Waals surface area contributed by atoms with Gasteiger partial charge >= 0.3 is 0 Å². The fraction of sp³-hybridized carbons (Fsp3) is 0.680. The highest BCUT2D eigenvalue weighted by Crippen LogP contribution is 2.44. The van der Waals surface area contributed by atoms with Gasteiger partial charge in [-0.2, -0.15) is 0 Å². The third kappa shape index (κ3) is 5.63. The quantitative estimate of drug-likeness (QED) is 0.446. The van der Waals surface area contributed by atoms with Gasteiger partial charge in [0.1, 0.15) is 0 Å². The molecule has 4 nitrogen and oxygen atoms in total. The lowest BCUT2D eigenvalue weighted by Gasteiger charge is -2.39. The van der Waals surface area contributed by atoms with E-state index in [1.165, 1.54) is 5.56 Å². The van der Waals surface area contributed by atoms with Crippen LogP contribution >= 0.6 is 0 Å². The summed E-state index contributed by atoms with van der Waals surface area (Å²) in [5.41, 5.74) is 1.34. The topological polar surface area (TPSA) is 47.9 Å². The summed E-state index contributed by atoms with van der Waals surface area (Å²) < 4.78 is 18.1. The predicted molar refractivity (Wildman–Crippen MR) is 124 cm³/mol. The molecule has 30 heavy (non-hydrogen) atoms. The van der Waals surface area contributed by atoms with E-state index < -0.39 is 8.32 Å². The van der Waals surface area contributed by atoms with Crippen LogP contribution in [0.1, 0.15) is 45.6 Å². The second-order valence-electron chi connectivity index (χ2n) is 10.4. The summed E-state index contributed by atoms with van der Waals surface area (Å²) >= 11 is 0. The third-order valence-corrected chi connectivity index (χ3v) is 11.8. The van der Waals surface area contributed by atoms with E-state index in [1.807, 2.05) is 0 Å². The van der Waals surface area contributed by atoms with Gasteiger partial charge in [0.05, 0.1) is 18.3 Å². The molecule has 0 radical (unpaired) electrons. The highest BCUT2D eigenvalue weighted by molar-refractivity contribution is 6.74. The molecule has 6 atom stereocenters. The molecule has 1 aliphatic carbocycles. The predicted octanol–water partition coefficient (Wildman–Crippen LogP) is 5.32. The van der Waals surface area contributed by atoms with Crippen molar-refractivity contribution in [2.45, 2.75) is 89.2 Å². The van der Waals surface area contributed by atoms with Crippen LogP contribution in [0.5, 0.6) is 0 Å². The van der Waals surface area contributed by atoms with Crippen LogP contribution in [0, 0.1) is 11.8 Å². The molecule has 0 amide bonds. The van der Waals surface area contributed by atoms with Gasteiger partial charge in [-0.05, 0) is 42.5 Å². The zero-order valence-electron chi connectivity index (χ0n) is 19.5. The van der Waals surface area contributed by atoms with Gasteiger partial charge in [-0.15, -0.1) is 0 Å². The van der Waals surface area contributed by atoms with Crippen molar-refractivity contribution < 1.29 is 19.0 Å². The molecule has 3 rings (SSSR count). The van der Waals surface area contributed by atoms with Crippen LogP contribution in [0.4, 0.5) is 0 Å². The highest BCUT2D eigenvalue weighted by Gasteiger charge is 2.48. The van der Waals surface area contributed by atoms with Crippen LogP contribution in [0.15, 0.2) is 42.5 Å². The van der Waals surface area contributed by atoms with E-state index in [-0.39, 0.29) is 35.6 Å². The molecule has 1 aromatic carbocycles. The smallest absolute Gasteiger partial charge is 0.192 e. The fourth-order valence-corrected chi connectivity index (χ4v) is 5.73. The summed E-state index contributed by atoms with van der Waals surface area (Å²) in [5, 5.41) is 10.8. The van der Waals surface area contributed by atoms with Crippen molar-refractivity contribution in [3.63, 3.8) is 0 Å². The number of aryl methyl sites for hydroxylation is 1. The average Bonchev–Trinajstić information content (AvgIpc) is 3.20. The van der Waals surface area contributed by atoms with Crippen LogP contribution in [0.3, 0.4) is 0 Å². The van der Waals surface area contributed by atoms with Crippen molar-refractivity contribution in [3.05, 3.63) is 48.0 Å². The second kappa shape index (κ2) is 9.66. The summed E-state index contributed by atoms with van der Waals surface area (Å²) in [5.74, 6) is 0.432. The van der Waals surface area contributed by atoms with Gasteiger partial charge in [-0.25, -0.2) is 0 Å². The lowest BCUT2D eigenvalue weighted by atomic mass is 9.91. The van der Waals surface area contributed by atoms with Gasteiger partial charge in [-0.1, -0.05) is 63.3 Å². The second-order valence-corrected chi connectivity index (χ2v) is 15.2. The van der Waals surface area contributed by atoms with E-state index in [9.17, 15) is 5.11 Å². The fourth-order valence-electron chi connectivity index (χ4n) is 4.42. The van der Waals surface area contributed by atoms with Gasteiger partial charge in [0.25, 0.3) is 0 Å². The number of aliphatic hydroxyl groups is 1. The first-order chi connectivity index (χ1) is 14.1. The van der Waals surface area contributed by atoms with E-state index in [4.69, 9.17) is 13.9 Å². The molecule has 2 fully saturated rings. The maximum absolute atomic E-state index is 10.6. The summed E-state index contributed by atoms with van der Waals surface area (Å²) in [4.78, 5) is 0. The van der Waals surface area contributed by atoms with E-state index in [2.05, 4.69) is 76.3 Å². The number of methoxy groups -OCH3 is 1. The Morgan fingerprint density at radius 2 is 1.90 bits per heavy atom. The Bertz CT molecular complexity index is 697. The Labute approximate surface area is 183 Å². The van der Waals surface area contributed by atoms with Gasteiger partial charge in [0, 0.05) is 25.9 Å². The average molecular weight is 433 g/mol. The molecule has 1 heterocycles. The Balaban J connectivity index is 1.72. The molecule has 0 spiro atoms. The van der Waals surface area contributed by atoms with E-state index >= 15 is 0 Å². The van der Waals surface area contributed by atoms with Crippen molar-refractivity contribution >= 4 is 8.32 Å². The summed E-state index contributed by atoms with van der Waals surface area (Å²) in [6.45, 7) is 11.5. The highest BCUT2D eigenvalue weighted by atomic mass is 28.4. The summed E-state index contributed by atoms with van der Waals surface area (Å²) in [6.07, 6.45) is 7.57. The molecule has 5 heteroatoms. The zero-order chi connectivity index (χ0) is 21.9. The number of aliphatic hydroxyl groups excluding tert-OH is 1. The Morgan fingerprint density at radius 3 is 2.53 bits per heavy atom. The number of rotatable bonds is 8. The van der Waals surface area contributed by atoms with Gasteiger partial charge < -0.3 is 19.0 Å². The maximum atomic E-state index is 10.6. The zero-order valence-corrected chi connectivity index (χ0v) is 20.5. The monoisotopic (exact) mass is 432 g/mol. The summed E-state index contributed by atoms with van der Waals surface area (Å²) in [7, 11) is -0.208. The van der Waals surface area contributed by atoms with E-state index in [1.54, 1.807) is 7.11 Å². The van der Waals surface area contributed by atoms with Gasteiger partial charge in [0.2, 0.25) is 0 Å². The minimum Gasteiger partial charge on any atom is -0.411 e. The summed E-state index contributed by atoms with van der Waals surface area (Å²) in [6, 6.07) is 10.6. The van der Waals surface area contributed by atoms with Crippen molar-refractivity contribution in [3.8, 4) is 0 Å². The van der Waals surface area contributed by atoms with Crippen LogP contribution in [-0.2, 0) is 20.3 Å². The minimum absolute atomic E-state index is 0.0536. The number of benzene rings is 1. The lowest BCUT2D eigenvalue weighted by Crippen LogP contribution is -2.43. The molecule has 2 aliphatic rings. The minimum atomic E-state index is -1.90. The maximum Gasteiger partial charge on any atom is 0.192 e. The van der Waals surface area contributed by atoms with Crippen molar-refractivity contribution in [1.82, 2.24) is 0 Å². The molecule has 1 aromatic rings. The number of hydrogen-bond acceptors (Lipinski definition) is 4. The molecular formula is C25H40O4Si. The lowest BCUT2D eigenvalue weighted by molar-refractivity contribution is -0.118. The largest absolute Gasteiger partial charge is 0.411 e. The molecule has 1 saturated heterocycles. The molecule has 0 bridgehead atoms. The van der Waals surface area contributed by atoms with E-state index in [0.717, 1.165) is 19.3 Å². The van der Waals surface area contributed by atoms with Crippen LogP contribution in [0.2, 0.25) is 18.1 Å². The van der Waals surface area contributed by atoms with Crippen LogP contribution in [0.25, 0.3) is 0 Å². The van der Waals surface area contributed by atoms with Crippen molar-refractivity contribution in [2.24, 2.45) is 11.8 Å². The van der Waals surface area contributed by atoms with Gasteiger partial charge in [0.15, 0.2) is 14.6 Å². The standard InChI is InChI=1S/C25H40O4Si/c1-25(2,3)30(5,6)29-19(13-12-18-10-8-7-9-11-18)14-15-20-21-16-24(27-4)28-23(21)17-22(20)26/h7-11,14-15,19-24,26H,12-13,16-17H2,1-6H3/t19-,20+,21+,22+,23-,24?/m0/s1. The molecule has 168 valence electrons. The Morgan fingerprint density at radius 1 is 1.20 bits per heavy atom. The van der Waals surface area contributed by atoms with Crippen molar-refractivity contribution in [1.29, 1.82) is 0 Å². The van der Waals surface area contributed by atoms with Crippen LogP contribution < -0.4 is 0 Å². The Kier molecular flexibility index (Phi) is 7.62. The SMILES string of the molecule is COC1C[C@@H]2[C@@H](C=C[C@H](CCc3ccccc3)O[Si](C)(C)C(C)(C)C)[C@H](O)C[C@@H]2O1. The first kappa shape index (κ1) is 23.7. The molecule has 0 aromatic heterocycles. The molecular weight excluding hydrogens is 392 g/mol. The number of fused-ring (bicyclic) bond motifs is 1. The number of hydrogen-bond donors (Lipinski definition) is 1. The van der Waals surface area contributed by atoms with Crippen LogP contribution in [-0.4, -0.2) is 45.1 Å². The molecule has 1 unspecified atom stereocenters. The molecule has 1 saturated carbocycles. The number of ether oxygens (including phenoxy) is 2. The van der Waals surface area contributed by atoms with Gasteiger partial charge in [-0.3, -0.25) is 0 Å². The first-order valence-corrected chi connectivity index (χ1v) is 14.3. The molecule has 1 N–H and O–H groups in total. The Hall–Kier alpha value is -0.983. The normalized spacial score (nSPS) is 30.7. The third-order valence-electron chi connectivity index (χ3n) is 7.30. The first-order valence-electron chi connectivity index (χ1n) is 11.4. The molecule has 1 aliphatic heterocycles. The van der Waals surface area contributed by atoms with Crippen molar-refractivity contribution in [2.75, 3.05) is 7.11 Å². The van der Waals surface area contributed by atoms with E-state index in [0.29, 0.717) is 12.3 Å².